The van der Waals surface area contributed by atoms with Gasteiger partial charge in [0, 0.05) is 12.5 Å². The predicted molar refractivity (Wildman–Crippen MR) is 60.9 cm³/mol. The Morgan fingerprint density at radius 3 is 2.40 bits per heavy atom. The van der Waals surface area contributed by atoms with Crippen molar-refractivity contribution in [1.82, 2.24) is 4.90 Å². The van der Waals surface area contributed by atoms with Gasteiger partial charge in [-0.25, -0.2) is 0 Å². The molecule has 0 aromatic carbocycles. The van der Waals surface area contributed by atoms with Gasteiger partial charge >= 0.3 is 5.97 Å². The van der Waals surface area contributed by atoms with Crippen LogP contribution in [0.25, 0.3) is 0 Å². The second-order valence-corrected chi connectivity index (χ2v) is 4.96. The summed E-state index contributed by atoms with van der Waals surface area (Å²) in [7, 11) is 0. The molecule has 3 nitrogen and oxygen atoms in total. The van der Waals surface area contributed by atoms with Gasteiger partial charge in [0.2, 0.25) is 0 Å². The molecule has 1 aliphatic rings. The first-order valence-corrected chi connectivity index (χ1v) is 6.05. The van der Waals surface area contributed by atoms with E-state index in [1.165, 1.54) is 12.8 Å². The fourth-order valence-corrected chi connectivity index (χ4v) is 2.39. The molecule has 1 atom stereocenters. The summed E-state index contributed by atoms with van der Waals surface area (Å²) in [5.41, 5.74) is 0. The minimum atomic E-state index is -0.664. The number of hydrogen-bond acceptors (Lipinski definition) is 2. The fraction of sp³-hybridized carbons (Fsp3) is 0.917. The second-order valence-electron chi connectivity index (χ2n) is 4.96. The normalized spacial score (nSPS) is 19.7. The monoisotopic (exact) mass is 213 g/mol. The number of nitrogens with zero attached hydrogens (tertiary/aromatic N) is 1. The largest absolute Gasteiger partial charge is 0.481 e. The van der Waals surface area contributed by atoms with E-state index in [1.807, 2.05) is 0 Å². The Labute approximate surface area is 92.5 Å². The van der Waals surface area contributed by atoms with Gasteiger partial charge in [-0.15, -0.1) is 0 Å². The van der Waals surface area contributed by atoms with Crippen LogP contribution in [0.2, 0.25) is 0 Å². The Hall–Kier alpha value is -0.570. The van der Waals surface area contributed by atoms with Crippen LogP contribution in [0.1, 0.15) is 46.0 Å². The Morgan fingerprint density at radius 2 is 1.93 bits per heavy atom. The summed E-state index contributed by atoms with van der Waals surface area (Å²) >= 11 is 0. The molecular weight excluding hydrogens is 190 g/mol. The van der Waals surface area contributed by atoms with Gasteiger partial charge in [0.05, 0.1) is 0 Å². The summed E-state index contributed by atoms with van der Waals surface area (Å²) in [4.78, 5) is 13.1. The highest BCUT2D eigenvalue weighted by atomic mass is 16.4. The van der Waals surface area contributed by atoms with E-state index >= 15 is 0 Å². The van der Waals surface area contributed by atoms with Gasteiger partial charge in [0.15, 0.2) is 0 Å². The molecule has 1 saturated heterocycles. The minimum absolute atomic E-state index is 0.313. The summed E-state index contributed by atoms with van der Waals surface area (Å²) in [5.74, 6) is -0.00709. The van der Waals surface area contributed by atoms with Gasteiger partial charge in [-0.1, -0.05) is 13.8 Å². The minimum Gasteiger partial charge on any atom is -0.481 e. The summed E-state index contributed by atoms with van der Waals surface area (Å²) in [6.45, 7) is 6.75. The molecule has 0 radical (unpaired) electrons. The van der Waals surface area contributed by atoms with Gasteiger partial charge in [0.25, 0.3) is 0 Å². The van der Waals surface area contributed by atoms with Crippen molar-refractivity contribution in [1.29, 1.82) is 0 Å². The molecule has 3 heteroatoms. The molecule has 1 heterocycles. The van der Waals surface area contributed by atoms with Crippen LogP contribution >= 0.6 is 0 Å². The zero-order chi connectivity index (χ0) is 11.3. The van der Waals surface area contributed by atoms with Crippen LogP contribution in [0.3, 0.4) is 0 Å². The molecule has 1 aliphatic heterocycles. The first-order valence-electron chi connectivity index (χ1n) is 6.05. The van der Waals surface area contributed by atoms with Crippen molar-refractivity contribution in [3.8, 4) is 0 Å². The SMILES string of the molecule is CC(C)CC(CCC(=O)O)N1CCCC1. The van der Waals surface area contributed by atoms with Crippen LogP contribution in [0.4, 0.5) is 0 Å². The van der Waals surface area contributed by atoms with Gasteiger partial charge in [-0.3, -0.25) is 4.79 Å². The van der Waals surface area contributed by atoms with E-state index in [0.29, 0.717) is 18.4 Å². The zero-order valence-corrected chi connectivity index (χ0v) is 9.91. The first kappa shape index (κ1) is 12.5. The Kier molecular flexibility index (Phi) is 5.09. The van der Waals surface area contributed by atoms with Crippen molar-refractivity contribution in [2.24, 2.45) is 5.92 Å². The van der Waals surface area contributed by atoms with Gasteiger partial charge < -0.3 is 10.0 Å². The van der Waals surface area contributed by atoms with Crippen molar-refractivity contribution >= 4 is 5.97 Å². The van der Waals surface area contributed by atoms with Crippen LogP contribution in [0.5, 0.6) is 0 Å². The summed E-state index contributed by atoms with van der Waals surface area (Å²) in [6, 6.07) is 0.489. The maximum absolute atomic E-state index is 10.6. The lowest BCUT2D eigenvalue weighted by molar-refractivity contribution is -0.137. The van der Waals surface area contributed by atoms with Crippen molar-refractivity contribution in [2.45, 2.75) is 52.0 Å². The van der Waals surface area contributed by atoms with E-state index in [4.69, 9.17) is 5.11 Å². The molecule has 0 aromatic heterocycles. The number of carboxylic acids is 1. The van der Waals surface area contributed by atoms with Crippen LogP contribution in [0, 0.1) is 5.92 Å². The lowest BCUT2D eigenvalue weighted by Gasteiger charge is -2.28. The number of rotatable bonds is 6. The van der Waals surface area contributed by atoms with Gasteiger partial charge in [-0.2, -0.15) is 0 Å². The van der Waals surface area contributed by atoms with Crippen LogP contribution in [-0.4, -0.2) is 35.1 Å². The first-order chi connectivity index (χ1) is 7.09. The molecule has 15 heavy (non-hydrogen) atoms. The van der Waals surface area contributed by atoms with Crippen molar-refractivity contribution in [2.75, 3.05) is 13.1 Å². The molecule has 1 N–H and O–H groups in total. The van der Waals surface area contributed by atoms with E-state index < -0.39 is 5.97 Å². The average molecular weight is 213 g/mol. The third kappa shape index (κ3) is 4.65. The van der Waals surface area contributed by atoms with Crippen molar-refractivity contribution < 1.29 is 9.90 Å². The summed E-state index contributed by atoms with van der Waals surface area (Å²) < 4.78 is 0. The van der Waals surface area contributed by atoms with Gasteiger partial charge in [-0.05, 0) is 44.7 Å². The van der Waals surface area contributed by atoms with E-state index in [2.05, 4.69) is 18.7 Å². The summed E-state index contributed by atoms with van der Waals surface area (Å²) in [5, 5.41) is 8.72. The molecule has 0 aliphatic carbocycles. The Bertz CT molecular complexity index is 198. The highest BCUT2D eigenvalue weighted by Crippen LogP contribution is 2.21. The number of hydrogen-bond donors (Lipinski definition) is 1. The maximum Gasteiger partial charge on any atom is 0.303 e. The average Bonchev–Trinajstić information content (AvgIpc) is 2.63. The van der Waals surface area contributed by atoms with E-state index in [0.717, 1.165) is 25.9 Å². The molecule has 0 aromatic rings. The molecule has 0 spiro atoms. The standard InChI is InChI=1S/C12H23NO2/c1-10(2)9-11(5-6-12(14)15)13-7-3-4-8-13/h10-11H,3-9H2,1-2H3,(H,14,15). The smallest absolute Gasteiger partial charge is 0.303 e. The number of likely N-dealkylation sites (tertiary alicyclic amines) is 1. The van der Waals surface area contributed by atoms with Crippen LogP contribution < -0.4 is 0 Å². The third-order valence-electron chi connectivity index (χ3n) is 3.09. The Morgan fingerprint density at radius 1 is 1.33 bits per heavy atom. The maximum atomic E-state index is 10.6. The number of carboxylic acid groups (broad SMARTS) is 1. The highest BCUT2D eigenvalue weighted by molar-refractivity contribution is 5.66. The topological polar surface area (TPSA) is 40.5 Å². The van der Waals surface area contributed by atoms with Crippen molar-refractivity contribution in [3.63, 3.8) is 0 Å². The molecular formula is C12H23NO2. The molecule has 0 amide bonds. The lowest BCUT2D eigenvalue weighted by Crippen LogP contribution is -2.34. The van der Waals surface area contributed by atoms with Crippen LogP contribution in [-0.2, 0) is 4.79 Å². The lowest BCUT2D eigenvalue weighted by atomic mass is 9.98. The van der Waals surface area contributed by atoms with Crippen molar-refractivity contribution in [3.05, 3.63) is 0 Å². The third-order valence-corrected chi connectivity index (χ3v) is 3.09. The number of carbonyl (C=O) groups is 1. The zero-order valence-electron chi connectivity index (χ0n) is 9.91. The predicted octanol–water partition coefficient (Wildman–Crippen LogP) is 2.36. The van der Waals surface area contributed by atoms with E-state index in [1.54, 1.807) is 0 Å². The summed E-state index contributed by atoms with van der Waals surface area (Å²) in [6.07, 6.45) is 4.82. The molecule has 1 fully saturated rings. The van der Waals surface area contributed by atoms with E-state index in [9.17, 15) is 4.79 Å². The Balaban J connectivity index is 2.40. The fourth-order valence-electron chi connectivity index (χ4n) is 2.39. The van der Waals surface area contributed by atoms with E-state index in [-0.39, 0.29) is 0 Å². The highest BCUT2D eigenvalue weighted by Gasteiger charge is 2.22. The molecule has 88 valence electrons. The number of aliphatic carboxylic acids is 1. The van der Waals surface area contributed by atoms with Crippen LogP contribution in [0.15, 0.2) is 0 Å². The molecule has 0 saturated carbocycles. The molecule has 0 bridgehead atoms. The van der Waals surface area contributed by atoms with Gasteiger partial charge in [0.1, 0.15) is 0 Å². The molecule has 1 rings (SSSR count). The molecule has 1 unspecified atom stereocenters. The quantitative estimate of drug-likeness (QED) is 0.736. The second kappa shape index (κ2) is 6.11.